The average Bonchev–Trinajstić information content (AvgIpc) is 3.30. The van der Waals surface area contributed by atoms with Crippen molar-refractivity contribution in [1.29, 1.82) is 0 Å². The van der Waals surface area contributed by atoms with Crippen LogP contribution in [0.4, 0.5) is 0 Å². The second-order valence-corrected chi connectivity index (χ2v) is 6.03. The van der Waals surface area contributed by atoms with Gasteiger partial charge in [0, 0.05) is 13.1 Å². The number of hydrogen-bond donors (Lipinski definition) is 2. The highest BCUT2D eigenvalue weighted by Crippen LogP contribution is 2.31. The van der Waals surface area contributed by atoms with Gasteiger partial charge in [0.25, 0.3) is 0 Å². The summed E-state index contributed by atoms with van der Waals surface area (Å²) >= 11 is 0. The highest BCUT2D eigenvalue weighted by Gasteiger charge is 2.33. The van der Waals surface area contributed by atoms with Gasteiger partial charge in [-0.3, -0.25) is 0 Å². The van der Waals surface area contributed by atoms with E-state index in [-0.39, 0.29) is 12.1 Å². The molecule has 1 saturated carbocycles. The first-order chi connectivity index (χ1) is 9.74. The molecule has 0 spiro atoms. The quantitative estimate of drug-likeness (QED) is 0.726. The lowest BCUT2D eigenvalue weighted by Gasteiger charge is -2.37. The summed E-state index contributed by atoms with van der Waals surface area (Å²) in [6.45, 7) is 5.49. The van der Waals surface area contributed by atoms with Gasteiger partial charge in [-0.25, -0.2) is 0 Å². The van der Waals surface area contributed by atoms with E-state index in [0.29, 0.717) is 0 Å². The highest BCUT2D eigenvalue weighted by atomic mass is 16.3. The molecular weight excluding hydrogens is 248 g/mol. The Morgan fingerprint density at radius 1 is 1.30 bits per heavy atom. The Bertz CT molecular complexity index is 385. The summed E-state index contributed by atoms with van der Waals surface area (Å²) in [6.07, 6.45) is 3.90. The molecule has 0 heterocycles. The van der Waals surface area contributed by atoms with Gasteiger partial charge in [0.2, 0.25) is 0 Å². The van der Waals surface area contributed by atoms with Crippen molar-refractivity contribution in [3.8, 4) is 0 Å². The minimum Gasteiger partial charge on any atom is -0.394 e. The molecule has 0 amide bonds. The maximum atomic E-state index is 10.0. The van der Waals surface area contributed by atoms with Gasteiger partial charge < -0.3 is 15.3 Å². The zero-order valence-electron chi connectivity index (χ0n) is 12.8. The van der Waals surface area contributed by atoms with Gasteiger partial charge in [-0.1, -0.05) is 37.3 Å². The monoisotopic (exact) mass is 276 g/mol. The molecule has 3 heteroatoms. The molecule has 1 aliphatic carbocycles. The summed E-state index contributed by atoms with van der Waals surface area (Å²) < 4.78 is 0. The Morgan fingerprint density at radius 2 is 2.00 bits per heavy atom. The summed E-state index contributed by atoms with van der Waals surface area (Å²) in [4.78, 5) is 2.51. The van der Waals surface area contributed by atoms with Crippen LogP contribution < -0.4 is 5.32 Å². The first kappa shape index (κ1) is 15.5. The minimum absolute atomic E-state index is 0.123. The van der Waals surface area contributed by atoms with Crippen LogP contribution in [0.25, 0.3) is 0 Å². The van der Waals surface area contributed by atoms with Crippen molar-refractivity contribution in [1.82, 2.24) is 10.2 Å². The van der Waals surface area contributed by atoms with E-state index < -0.39 is 0 Å². The molecule has 112 valence electrons. The van der Waals surface area contributed by atoms with E-state index in [0.717, 1.165) is 25.4 Å². The van der Waals surface area contributed by atoms with Gasteiger partial charge in [0.15, 0.2) is 0 Å². The third-order valence-electron chi connectivity index (χ3n) is 4.32. The van der Waals surface area contributed by atoms with Crippen molar-refractivity contribution < 1.29 is 5.11 Å². The first-order valence-electron chi connectivity index (χ1n) is 7.81. The van der Waals surface area contributed by atoms with Gasteiger partial charge >= 0.3 is 0 Å². The SMILES string of the molecule is CCCN(CC1CC1)CC(CO)(NC)c1ccccc1. The number of aliphatic hydroxyl groups is 1. The number of nitrogens with one attached hydrogen (secondary N) is 1. The van der Waals surface area contributed by atoms with E-state index in [4.69, 9.17) is 0 Å². The summed E-state index contributed by atoms with van der Waals surface area (Å²) in [6, 6.07) is 10.3. The van der Waals surface area contributed by atoms with Crippen LogP contribution in [0.3, 0.4) is 0 Å². The van der Waals surface area contributed by atoms with Crippen LogP contribution in [0.1, 0.15) is 31.7 Å². The molecule has 1 fully saturated rings. The van der Waals surface area contributed by atoms with E-state index in [1.165, 1.54) is 24.9 Å². The Kier molecular flexibility index (Phi) is 5.58. The van der Waals surface area contributed by atoms with Crippen molar-refractivity contribution in [2.75, 3.05) is 33.3 Å². The minimum atomic E-state index is -0.356. The predicted octanol–water partition coefficient (Wildman–Crippen LogP) is 2.22. The smallest absolute Gasteiger partial charge is 0.0795 e. The first-order valence-corrected chi connectivity index (χ1v) is 7.81. The maximum absolute atomic E-state index is 10.0. The lowest BCUT2D eigenvalue weighted by molar-refractivity contribution is 0.109. The zero-order chi connectivity index (χ0) is 14.4. The Morgan fingerprint density at radius 3 is 2.50 bits per heavy atom. The molecule has 0 bridgehead atoms. The van der Waals surface area contributed by atoms with Gasteiger partial charge in [-0.05, 0) is 44.3 Å². The molecule has 1 aromatic carbocycles. The number of aliphatic hydroxyl groups excluding tert-OH is 1. The summed E-state index contributed by atoms with van der Waals surface area (Å²) in [5, 5.41) is 13.4. The van der Waals surface area contributed by atoms with E-state index in [9.17, 15) is 5.11 Å². The summed E-state index contributed by atoms with van der Waals surface area (Å²) in [7, 11) is 1.95. The largest absolute Gasteiger partial charge is 0.394 e. The Hall–Kier alpha value is -0.900. The number of benzene rings is 1. The lowest BCUT2D eigenvalue weighted by Crippen LogP contribution is -2.52. The molecule has 2 rings (SSSR count). The molecule has 0 radical (unpaired) electrons. The predicted molar refractivity (Wildman–Crippen MR) is 83.7 cm³/mol. The number of rotatable bonds is 9. The molecule has 1 unspecified atom stereocenters. The maximum Gasteiger partial charge on any atom is 0.0795 e. The van der Waals surface area contributed by atoms with Crippen LogP contribution in [-0.4, -0.2) is 43.3 Å². The summed E-state index contributed by atoms with van der Waals surface area (Å²) in [5.74, 6) is 0.880. The number of nitrogens with zero attached hydrogens (tertiary/aromatic N) is 1. The summed E-state index contributed by atoms with van der Waals surface area (Å²) in [5.41, 5.74) is 0.813. The van der Waals surface area contributed by atoms with Gasteiger partial charge in [-0.2, -0.15) is 0 Å². The number of likely N-dealkylation sites (N-methyl/N-ethyl adjacent to an activating group) is 1. The van der Waals surface area contributed by atoms with Crippen LogP contribution in [0, 0.1) is 5.92 Å². The zero-order valence-corrected chi connectivity index (χ0v) is 12.8. The van der Waals surface area contributed by atoms with Crippen molar-refractivity contribution in [3.63, 3.8) is 0 Å². The lowest BCUT2D eigenvalue weighted by atomic mass is 9.90. The van der Waals surface area contributed by atoms with Gasteiger partial charge in [0.05, 0.1) is 12.1 Å². The second kappa shape index (κ2) is 7.21. The Balaban J connectivity index is 2.13. The van der Waals surface area contributed by atoms with Crippen molar-refractivity contribution in [2.24, 2.45) is 5.92 Å². The Labute approximate surface area is 123 Å². The van der Waals surface area contributed by atoms with Gasteiger partial charge in [0.1, 0.15) is 0 Å². The van der Waals surface area contributed by atoms with Crippen molar-refractivity contribution in [3.05, 3.63) is 35.9 Å². The molecular formula is C17H28N2O. The van der Waals surface area contributed by atoms with Crippen LogP contribution >= 0.6 is 0 Å². The third kappa shape index (κ3) is 3.81. The third-order valence-corrected chi connectivity index (χ3v) is 4.32. The highest BCUT2D eigenvalue weighted by molar-refractivity contribution is 5.25. The molecule has 1 aromatic rings. The fraction of sp³-hybridized carbons (Fsp3) is 0.647. The molecule has 0 aliphatic heterocycles. The molecule has 0 aromatic heterocycles. The fourth-order valence-electron chi connectivity index (χ4n) is 2.89. The van der Waals surface area contributed by atoms with E-state index in [1.807, 2.05) is 25.2 Å². The second-order valence-electron chi connectivity index (χ2n) is 6.03. The number of hydrogen-bond acceptors (Lipinski definition) is 3. The average molecular weight is 276 g/mol. The van der Waals surface area contributed by atoms with Crippen LogP contribution in [-0.2, 0) is 5.54 Å². The van der Waals surface area contributed by atoms with Gasteiger partial charge in [-0.15, -0.1) is 0 Å². The van der Waals surface area contributed by atoms with E-state index in [1.54, 1.807) is 0 Å². The van der Waals surface area contributed by atoms with E-state index >= 15 is 0 Å². The van der Waals surface area contributed by atoms with Crippen LogP contribution in [0.5, 0.6) is 0 Å². The van der Waals surface area contributed by atoms with E-state index in [2.05, 4.69) is 29.3 Å². The fourth-order valence-corrected chi connectivity index (χ4v) is 2.89. The van der Waals surface area contributed by atoms with Crippen molar-refractivity contribution >= 4 is 0 Å². The molecule has 20 heavy (non-hydrogen) atoms. The van der Waals surface area contributed by atoms with Crippen LogP contribution in [0.15, 0.2) is 30.3 Å². The topological polar surface area (TPSA) is 35.5 Å². The molecule has 0 saturated heterocycles. The van der Waals surface area contributed by atoms with Crippen molar-refractivity contribution in [2.45, 2.75) is 31.7 Å². The molecule has 1 aliphatic rings. The standard InChI is InChI=1S/C17H28N2O/c1-3-11-19(12-15-9-10-15)13-17(14-20,18-2)16-7-5-4-6-8-16/h4-8,15,18,20H,3,9-14H2,1-2H3. The molecule has 3 nitrogen and oxygen atoms in total. The molecule has 2 N–H and O–H groups in total. The molecule has 1 atom stereocenters. The van der Waals surface area contributed by atoms with Crippen LogP contribution in [0.2, 0.25) is 0 Å². The normalized spacial score (nSPS) is 18.2.